The summed E-state index contributed by atoms with van der Waals surface area (Å²) >= 11 is 0. The molecule has 0 aliphatic heterocycles. The fraction of sp³-hybridized carbons (Fsp3) is 0.160. The molecule has 170 valence electrons. The van der Waals surface area contributed by atoms with Gasteiger partial charge in [0, 0.05) is 22.7 Å². The van der Waals surface area contributed by atoms with Crippen LogP contribution in [0.5, 0.6) is 5.75 Å². The number of nitrogens with one attached hydrogen (secondary N) is 2. The Kier molecular flexibility index (Phi) is 6.48. The summed E-state index contributed by atoms with van der Waals surface area (Å²) in [5.74, 6) is 0.375. The SMILES string of the molecule is CC(C)NS(=O)(=O)c1ccc(NC(=O)c2oc3ccccc3c2COc2ccccc2)cc1. The Balaban J connectivity index is 1.57. The van der Waals surface area contributed by atoms with Crippen molar-refractivity contribution in [3.05, 3.63) is 90.2 Å². The lowest BCUT2D eigenvalue weighted by Crippen LogP contribution is -2.30. The fourth-order valence-corrected chi connectivity index (χ4v) is 4.63. The molecule has 0 aliphatic rings. The molecule has 33 heavy (non-hydrogen) atoms. The van der Waals surface area contributed by atoms with Gasteiger partial charge in [0.15, 0.2) is 5.76 Å². The molecule has 0 fully saturated rings. The predicted molar refractivity (Wildman–Crippen MR) is 127 cm³/mol. The summed E-state index contributed by atoms with van der Waals surface area (Å²) in [4.78, 5) is 13.2. The quantitative estimate of drug-likeness (QED) is 0.384. The molecule has 0 saturated heterocycles. The van der Waals surface area contributed by atoms with E-state index in [1.54, 1.807) is 19.9 Å². The molecule has 0 spiro atoms. The Hall–Kier alpha value is -3.62. The van der Waals surface area contributed by atoms with E-state index in [4.69, 9.17) is 9.15 Å². The van der Waals surface area contributed by atoms with Gasteiger partial charge in [-0.2, -0.15) is 0 Å². The molecule has 0 aliphatic carbocycles. The van der Waals surface area contributed by atoms with E-state index in [-0.39, 0.29) is 23.3 Å². The van der Waals surface area contributed by atoms with Crippen molar-refractivity contribution < 1.29 is 22.4 Å². The molecule has 2 N–H and O–H groups in total. The van der Waals surface area contributed by atoms with Gasteiger partial charge in [0.05, 0.1) is 4.90 Å². The lowest BCUT2D eigenvalue weighted by atomic mass is 10.1. The van der Waals surface area contributed by atoms with E-state index < -0.39 is 15.9 Å². The maximum Gasteiger partial charge on any atom is 0.291 e. The highest BCUT2D eigenvalue weighted by atomic mass is 32.2. The number of hydrogen-bond acceptors (Lipinski definition) is 5. The minimum Gasteiger partial charge on any atom is -0.489 e. The van der Waals surface area contributed by atoms with Gasteiger partial charge in [0.2, 0.25) is 10.0 Å². The van der Waals surface area contributed by atoms with Crippen LogP contribution in [0.3, 0.4) is 0 Å². The summed E-state index contributed by atoms with van der Waals surface area (Å²) in [6, 6.07) is 22.4. The van der Waals surface area contributed by atoms with Crippen LogP contribution in [0.4, 0.5) is 5.69 Å². The fourth-order valence-electron chi connectivity index (χ4n) is 3.38. The minimum atomic E-state index is -3.61. The predicted octanol–water partition coefficient (Wildman–Crippen LogP) is 4.95. The van der Waals surface area contributed by atoms with Crippen molar-refractivity contribution in [2.75, 3.05) is 5.32 Å². The van der Waals surface area contributed by atoms with Crippen molar-refractivity contribution in [3.63, 3.8) is 0 Å². The van der Waals surface area contributed by atoms with Gasteiger partial charge in [-0.3, -0.25) is 4.79 Å². The summed E-state index contributed by atoms with van der Waals surface area (Å²) in [5.41, 5.74) is 1.65. The first-order chi connectivity index (χ1) is 15.8. The topological polar surface area (TPSA) is 97.6 Å². The molecule has 0 bridgehead atoms. The van der Waals surface area contributed by atoms with E-state index in [1.165, 1.54) is 24.3 Å². The van der Waals surface area contributed by atoms with Gasteiger partial charge < -0.3 is 14.5 Å². The number of sulfonamides is 1. The molecule has 0 atom stereocenters. The maximum absolute atomic E-state index is 13.1. The van der Waals surface area contributed by atoms with Crippen LogP contribution >= 0.6 is 0 Å². The normalized spacial score (nSPS) is 11.6. The molecule has 7 nitrogen and oxygen atoms in total. The number of rotatable bonds is 8. The summed E-state index contributed by atoms with van der Waals surface area (Å²) in [7, 11) is -3.61. The van der Waals surface area contributed by atoms with Gasteiger partial charge in [-0.15, -0.1) is 0 Å². The number of ether oxygens (including phenoxy) is 1. The Morgan fingerprint density at radius 2 is 1.61 bits per heavy atom. The molecular weight excluding hydrogens is 440 g/mol. The standard InChI is InChI=1S/C25H24N2O5S/c1-17(2)27-33(29,30)20-14-12-18(13-15-20)26-25(28)24-22(16-31-19-8-4-3-5-9-19)21-10-6-7-11-23(21)32-24/h3-15,17,27H,16H2,1-2H3,(H,26,28). The van der Waals surface area contributed by atoms with Crippen LogP contribution in [-0.4, -0.2) is 20.4 Å². The highest BCUT2D eigenvalue weighted by molar-refractivity contribution is 7.89. The van der Waals surface area contributed by atoms with Gasteiger partial charge in [-0.05, 0) is 56.3 Å². The van der Waals surface area contributed by atoms with Crippen molar-refractivity contribution in [1.29, 1.82) is 0 Å². The number of hydrogen-bond donors (Lipinski definition) is 2. The number of fused-ring (bicyclic) bond motifs is 1. The van der Waals surface area contributed by atoms with Gasteiger partial charge in [0.25, 0.3) is 5.91 Å². The molecule has 3 aromatic carbocycles. The second kappa shape index (κ2) is 9.48. The lowest BCUT2D eigenvalue weighted by molar-refractivity contribution is 0.0995. The molecule has 1 amide bonds. The number of carbonyl (C=O) groups excluding carboxylic acids is 1. The van der Waals surface area contributed by atoms with E-state index in [1.807, 2.05) is 48.5 Å². The first kappa shape index (κ1) is 22.6. The van der Waals surface area contributed by atoms with E-state index in [0.29, 0.717) is 22.6 Å². The van der Waals surface area contributed by atoms with Crippen LogP contribution < -0.4 is 14.8 Å². The summed E-state index contributed by atoms with van der Waals surface area (Å²) < 4.78 is 38.8. The molecule has 0 unspecified atom stereocenters. The zero-order valence-electron chi connectivity index (χ0n) is 18.2. The average Bonchev–Trinajstić information content (AvgIpc) is 3.17. The number of furan rings is 1. The molecule has 1 heterocycles. The largest absolute Gasteiger partial charge is 0.489 e. The molecular formula is C25H24N2O5S. The third-order valence-electron chi connectivity index (χ3n) is 4.84. The smallest absolute Gasteiger partial charge is 0.291 e. The van der Waals surface area contributed by atoms with E-state index in [9.17, 15) is 13.2 Å². The number of benzene rings is 3. The van der Waals surface area contributed by atoms with Gasteiger partial charge in [-0.25, -0.2) is 13.1 Å². The Morgan fingerprint density at radius 3 is 2.30 bits per heavy atom. The number of amides is 1. The monoisotopic (exact) mass is 464 g/mol. The number of anilines is 1. The maximum atomic E-state index is 13.1. The number of carbonyl (C=O) groups is 1. The molecule has 1 aromatic heterocycles. The van der Waals surface area contributed by atoms with Crippen LogP contribution in [0.1, 0.15) is 30.0 Å². The van der Waals surface area contributed by atoms with Crippen LogP contribution in [0.15, 0.2) is 88.2 Å². The molecule has 0 radical (unpaired) electrons. The van der Waals surface area contributed by atoms with Crippen molar-refractivity contribution in [3.8, 4) is 5.75 Å². The van der Waals surface area contributed by atoms with E-state index in [0.717, 1.165) is 5.39 Å². The minimum absolute atomic E-state index is 0.120. The van der Waals surface area contributed by atoms with Crippen molar-refractivity contribution in [1.82, 2.24) is 4.72 Å². The zero-order valence-corrected chi connectivity index (χ0v) is 19.1. The summed E-state index contributed by atoms with van der Waals surface area (Å²) in [6.45, 7) is 3.65. The second-order valence-electron chi connectivity index (χ2n) is 7.76. The van der Waals surface area contributed by atoms with Crippen LogP contribution in [-0.2, 0) is 16.6 Å². The van der Waals surface area contributed by atoms with E-state index >= 15 is 0 Å². The highest BCUT2D eigenvalue weighted by Gasteiger charge is 2.22. The lowest BCUT2D eigenvalue weighted by Gasteiger charge is -2.11. The van der Waals surface area contributed by atoms with Gasteiger partial charge >= 0.3 is 0 Å². The summed E-state index contributed by atoms with van der Waals surface area (Å²) in [5, 5.41) is 3.57. The first-order valence-electron chi connectivity index (χ1n) is 10.5. The van der Waals surface area contributed by atoms with Gasteiger partial charge in [0.1, 0.15) is 17.9 Å². The Morgan fingerprint density at radius 1 is 0.939 bits per heavy atom. The molecule has 0 saturated carbocycles. The molecule has 4 aromatic rings. The van der Waals surface area contributed by atoms with Crippen molar-refractivity contribution >= 4 is 32.6 Å². The Bertz CT molecular complexity index is 1360. The average molecular weight is 465 g/mol. The Labute approximate surface area is 192 Å². The van der Waals surface area contributed by atoms with E-state index in [2.05, 4.69) is 10.0 Å². The van der Waals surface area contributed by atoms with Crippen molar-refractivity contribution in [2.24, 2.45) is 0 Å². The third-order valence-corrected chi connectivity index (χ3v) is 6.52. The first-order valence-corrected chi connectivity index (χ1v) is 11.9. The summed E-state index contributed by atoms with van der Waals surface area (Å²) in [6.07, 6.45) is 0. The van der Waals surface area contributed by atoms with Crippen LogP contribution in [0.25, 0.3) is 11.0 Å². The molecule has 4 rings (SSSR count). The highest BCUT2D eigenvalue weighted by Crippen LogP contribution is 2.28. The number of para-hydroxylation sites is 2. The third kappa shape index (κ3) is 5.24. The van der Waals surface area contributed by atoms with Crippen LogP contribution in [0, 0.1) is 0 Å². The van der Waals surface area contributed by atoms with Crippen molar-refractivity contribution in [2.45, 2.75) is 31.4 Å². The van der Waals surface area contributed by atoms with Crippen LogP contribution in [0.2, 0.25) is 0 Å². The second-order valence-corrected chi connectivity index (χ2v) is 9.48. The molecule has 8 heteroatoms. The van der Waals surface area contributed by atoms with Gasteiger partial charge in [-0.1, -0.05) is 36.4 Å². The zero-order chi connectivity index (χ0) is 23.4.